The minimum Gasteiger partial charge on any atom is -0.352 e. The smallest absolute Gasteiger partial charge is 0.259 e. The second-order valence-corrected chi connectivity index (χ2v) is 11.3. The number of nitrogens with one attached hydrogen (secondary N) is 1. The summed E-state index contributed by atoms with van der Waals surface area (Å²) in [4.78, 5) is 29.7. The van der Waals surface area contributed by atoms with Crippen molar-refractivity contribution in [2.45, 2.75) is 62.3 Å². The summed E-state index contributed by atoms with van der Waals surface area (Å²) in [6.07, 6.45) is 7.84. The molecule has 3 aromatic carbocycles. The van der Waals surface area contributed by atoms with Gasteiger partial charge in [-0.2, -0.15) is 0 Å². The number of hydrogen-bond donors (Lipinski definition) is 1. The average molecular weight is 513 g/mol. The van der Waals surface area contributed by atoms with Crippen molar-refractivity contribution in [3.05, 3.63) is 100 Å². The fraction of sp³-hybridized carbons (Fsp3) is 0.290. The third kappa shape index (κ3) is 5.30. The van der Waals surface area contributed by atoms with E-state index in [0.717, 1.165) is 36.0 Å². The molecule has 37 heavy (non-hydrogen) atoms. The molecule has 0 saturated heterocycles. The van der Waals surface area contributed by atoms with Gasteiger partial charge in [-0.15, -0.1) is 0 Å². The van der Waals surface area contributed by atoms with Crippen LogP contribution in [0.2, 0.25) is 0 Å². The van der Waals surface area contributed by atoms with Crippen molar-refractivity contribution in [2.75, 3.05) is 11.4 Å². The van der Waals surface area contributed by atoms with Crippen molar-refractivity contribution < 1.29 is 13.8 Å². The lowest BCUT2D eigenvalue weighted by Crippen LogP contribution is -2.31. The summed E-state index contributed by atoms with van der Waals surface area (Å²) in [5.74, 6) is -0.406. The minimum absolute atomic E-state index is 0.189. The maximum atomic E-state index is 13.9. The molecule has 0 unspecified atom stereocenters. The molecule has 1 aliphatic heterocycles. The topological polar surface area (TPSA) is 66.5 Å². The number of carbonyl (C=O) groups excluding carboxylic acids is 2. The van der Waals surface area contributed by atoms with Gasteiger partial charge in [-0.25, -0.2) is 4.21 Å². The highest BCUT2D eigenvalue weighted by atomic mass is 32.2. The predicted molar refractivity (Wildman–Crippen MR) is 147 cm³/mol. The van der Waals surface area contributed by atoms with Crippen LogP contribution in [0, 0.1) is 13.8 Å². The summed E-state index contributed by atoms with van der Waals surface area (Å²) in [5, 5.41) is 3.03. The van der Waals surface area contributed by atoms with Gasteiger partial charge in [-0.1, -0.05) is 47.5 Å². The summed E-state index contributed by atoms with van der Waals surface area (Å²) in [6, 6.07) is 18.4. The number of amides is 2. The second kappa shape index (κ2) is 10.9. The van der Waals surface area contributed by atoms with E-state index >= 15 is 0 Å². The number of hydrogen-bond acceptors (Lipinski definition) is 3. The maximum absolute atomic E-state index is 13.9. The highest BCUT2D eigenvalue weighted by Crippen LogP contribution is 2.36. The molecular formula is C31H32N2O3S. The zero-order valence-corrected chi connectivity index (χ0v) is 22.2. The molecule has 1 heterocycles. The monoisotopic (exact) mass is 512 g/mol. The molecule has 0 aromatic heterocycles. The summed E-state index contributed by atoms with van der Waals surface area (Å²) in [6.45, 7) is 4.95. The number of benzene rings is 3. The van der Waals surface area contributed by atoms with Crippen LogP contribution in [-0.2, 0) is 17.3 Å². The Balaban J connectivity index is 1.49. The Morgan fingerprint density at radius 3 is 2.65 bits per heavy atom. The van der Waals surface area contributed by atoms with Gasteiger partial charge in [0.05, 0.1) is 38.4 Å². The van der Waals surface area contributed by atoms with Gasteiger partial charge >= 0.3 is 0 Å². The van der Waals surface area contributed by atoms with Crippen LogP contribution in [0.15, 0.2) is 82.1 Å². The van der Waals surface area contributed by atoms with Gasteiger partial charge in [0.15, 0.2) is 0 Å². The first-order chi connectivity index (χ1) is 17.9. The fourth-order valence-corrected chi connectivity index (χ4v) is 6.42. The van der Waals surface area contributed by atoms with Gasteiger partial charge < -0.3 is 10.2 Å². The van der Waals surface area contributed by atoms with Crippen LogP contribution in [0.3, 0.4) is 0 Å². The lowest BCUT2D eigenvalue weighted by molar-refractivity contribution is 0.0950. The quantitative estimate of drug-likeness (QED) is 0.397. The molecular weight excluding hydrogens is 480 g/mol. The standard InChI is InChI=1S/C31H32N2O3S/c1-21-12-13-22(2)25(18-21)20-33-27-19-24(30(34)32-17-16-23-8-4-3-5-9-23)14-15-29(27)37(36)28-11-7-6-10-26(28)31(33)35/h6-8,10-15,18-19H,3-5,9,16-17,20H2,1-2H3,(H,32,34)/t37-/m0/s1. The van der Waals surface area contributed by atoms with Gasteiger partial charge in [0.1, 0.15) is 0 Å². The number of anilines is 1. The minimum atomic E-state index is -1.55. The molecule has 2 aliphatic rings. The van der Waals surface area contributed by atoms with Crippen LogP contribution in [0.1, 0.15) is 69.5 Å². The molecule has 1 atom stereocenters. The molecule has 2 amide bonds. The lowest BCUT2D eigenvalue weighted by Gasteiger charge is -2.24. The molecule has 5 rings (SSSR count). The van der Waals surface area contributed by atoms with Gasteiger partial charge in [0.25, 0.3) is 11.8 Å². The molecule has 5 nitrogen and oxygen atoms in total. The van der Waals surface area contributed by atoms with Crippen molar-refractivity contribution in [3.63, 3.8) is 0 Å². The number of allylic oxidation sites excluding steroid dienone is 1. The van der Waals surface area contributed by atoms with E-state index in [-0.39, 0.29) is 11.8 Å². The molecule has 0 saturated carbocycles. The Hall–Kier alpha value is -3.51. The van der Waals surface area contributed by atoms with E-state index in [2.05, 4.69) is 17.5 Å². The Bertz CT molecular complexity index is 1430. The van der Waals surface area contributed by atoms with Gasteiger partial charge in [0.2, 0.25) is 0 Å². The third-order valence-corrected chi connectivity index (χ3v) is 8.72. The highest BCUT2D eigenvalue weighted by Gasteiger charge is 2.31. The number of fused-ring (bicyclic) bond motifs is 2. The Kier molecular flexibility index (Phi) is 7.38. The van der Waals surface area contributed by atoms with Gasteiger partial charge in [0, 0.05) is 12.1 Å². The normalized spacial score (nSPS) is 16.9. The molecule has 1 N–H and O–H groups in total. The molecule has 0 fully saturated rings. The van der Waals surface area contributed by atoms with E-state index in [9.17, 15) is 13.8 Å². The van der Waals surface area contributed by atoms with E-state index in [4.69, 9.17) is 0 Å². The van der Waals surface area contributed by atoms with Crippen molar-refractivity contribution in [2.24, 2.45) is 0 Å². The van der Waals surface area contributed by atoms with E-state index in [1.165, 1.54) is 18.4 Å². The van der Waals surface area contributed by atoms with E-state index in [1.54, 1.807) is 47.4 Å². The SMILES string of the molecule is Cc1ccc(C)c(CN2C(=O)c3ccccc3[S@](=O)c3ccc(C(=O)NCCC4=CCCCC4)cc32)c1. The lowest BCUT2D eigenvalue weighted by atomic mass is 9.97. The fourth-order valence-electron chi connectivity index (χ4n) is 5.07. The van der Waals surface area contributed by atoms with Crippen LogP contribution < -0.4 is 10.2 Å². The van der Waals surface area contributed by atoms with E-state index in [1.807, 2.05) is 26.0 Å². The van der Waals surface area contributed by atoms with E-state index < -0.39 is 10.8 Å². The molecule has 3 aromatic rings. The van der Waals surface area contributed by atoms with Crippen molar-refractivity contribution in [1.29, 1.82) is 0 Å². The summed E-state index contributed by atoms with van der Waals surface area (Å²) >= 11 is 0. The highest BCUT2D eigenvalue weighted by molar-refractivity contribution is 7.85. The Labute approximate surface area is 221 Å². The molecule has 0 radical (unpaired) electrons. The number of nitrogens with zero attached hydrogens (tertiary/aromatic N) is 1. The molecule has 0 spiro atoms. The van der Waals surface area contributed by atoms with Crippen molar-refractivity contribution >= 4 is 28.3 Å². The van der Waals surface area contributed by atoms with E-state index in [0.29, 0.717) is 39.7 Å². The molecule has 0 bridgehead atoms. The maximum Gasteiger partial charge on any atom is 0.259 e. The first-order valence-corrected chi connectivity index (χ1v) is 14.1. The summed E-state index contributed by atoms with van der Waals surface area (Å²) in [7, 11) is -1.55. The summed E-state index contributed by atoms with van der Waals surface area (Å²) < 4.78 is 13.6. The third-order valence-electron chi connectivity index (χ3n) is 7.22. The average Bonchev–Trinajstić information content (AvgIpc) is 3.00. The molecule has 1 aliphatic carbocycles. The molecule has 190 valence electrons. The van der Waals surface area contributed by atoms with Crippen molar-refractivity contribution in [1.82, 2.24) is 5.32 Å². The van der Waals surface area contributed by atoms with Gasteiger partial charge in [-0.05, 0) is 87.4 Å². The Morgan fingerprint density at radius 1 is 1.00 bits per heavy atom. The van der Waals surface area contributed by atoms with Crippen LogP contribution in [0.25, 0.3) is 0 Å². The number of aryl methyl sites for hydroxylation is 2. The van der Waals surface area contributed by atoms with Gasteiger partial charge in [-0.3, -0.25) is 9.59 Å². The van der Waals surface area contributed by atoms with Crippen LogP contribution in [0.5, 0.6) is 0 Å². The summed E-state index contributed by atoms with van der Waals surface area (Å²) in [5.41, 5.74) is 6.00. The van der Waals surface area contributed by atoms with Crippen LogP contribution in [-0.4, -0.2) is 22.6 Å². The van der Waals surface area contributed by atoms with Crippen LogP contribution >= 0.6 is 0 Å². The number of carbonyl (C=O) groups is 2. The number of rotatable bonds is 6. The van der Waals surface area contributed by atoms with Crippen molar-refractivity contribution in [3.8, 4) is 0 Å². The first-order valence-electron chi connectivity index (χ1n) is 12.9. The molecule has 6 heteroatoms. The predicted octanol–water partition coefficient (Wildman–Crippen LogP) is 6.25. The second-order valence-electron chi connectivity index (χ2n) is 9.88. The first kappa shape index (κ1) is 25.2. The zero-order valence-electron chi connectivity index (χ0n) is 21.4. The van der Waals surface area contributed by atoms with Crippen LogP contribution in [0.4, 0.5) is 5.69 Å². The largest absolute Gasteiger partial charge is 0.352 e. The Morgan fingerprint density at radius 2 is 1.84 bits per heavy atom. The zero-order chi connectivity index (χ0) is 25.9.